The van der Waals surface area contributed by atoms with Gasteiger partial charge in [-0.05, 0) is 19.3 Å². The molecule has 0 aromatic carbocycles. The zero-order valence-electron chi connectivity index (χ0n) is 8.40. The van der Waals surface area contributed by atoms with E-state index in [1.165, 1.54) is 6.42 Å². The summed E-state index contributed by atoms with van der Waals surface area (Å²) < 4.78 is 0. The number of nitrogens with one attached hydrogen (secondary N) is 1. The monoisotopic (exact) mass is 215 g/mol. The van der Waals surface area contributed by atoms with Crippen LogP contribution in [0.1, 0.15) is 26.2 Å². The lowest BCUT2D eigenvalue weighted by Crippen LogP contribution is -2.51. The first kappa shape index (κ1) is 10.3. The molecule has 0 bridgehead atoms. The quantitative estimate of drug-likeness (QED) is 0.746. The highest BCUT2D eigenvalue weighted by molar-refractivity contribution is 8.00. The Morgan fingerprint density at radius 2 is 2.29 bits per heavy atom. The van der Waals surface area contributed by atoms with Crippen molar-refractivity contribution in [1.82, 2.24) is 5.32 Å². The Balaban J connectivity index is 1.78. The number of carboxylic acids is 1. The van der Waals surface area contributed by atoms with Crippen molar-refractivity contribution >= 4 is 17.7 Å². The fourth-order valence-electron chi connectivity index (χ4n) is 2.23. The number of hydrogen-bond donors (Lipinski definition) is 2. The molecule has 1 saturated heterocycles. The number of hydrogen-bond acceptors (Lipinski definition) is 3. The van der Waals surface area contributed by atoms with Gasteiger partial charge in [0.2, 0.25) is 0 Å². The van der Waals surface area contributed by atoms with Crippen LogP contribution >= 0.6 is 11.8 Å². The van der Waals surface area contributed by atoms with Crippen LogP contribution in [0, 0.1) is 5.92 Å². The highest BCUT2D eigenvalue weighted by Gasteiger charge is 2.38. The lowest BCUT2D eigenvalue weighted by Gasteiger charge is -2.36. The van der Waals surface area contributed by atoms with Gasteiger partial charge in [-0.25, -0.2) is 0 Å². The van der Waals surface area contributed by atoms with Crippen molar-refractivity contribution in [1.29, 1.82) is 0 Å². The highest BCUT2D eigenvalue weighted by Crippen LogP contribution is 2.31. The first-order valence-electron chi connectivity index (χ1n) is 5.27. The third-order valence-electron chi connectivity index (χ3n) is 3.24. The van der Waals surface area contributed by atoms with Gasteiger partial charge in [-0.3, -0.25) is 4.79 Å². The first-order chi connectivity index (χ1) is 6.66. The lowest BCUT2D eigenvalue weighted by molar-refractivity contribution is -0.146. The van der Waals surface area contributed by atoms with Gasteiger partial charge in [-0.1, -0.05) is 6.92 Å². The van der Waals surface area contributed by atoms with Crippen LogP contribution in [0.15, 0.2) is 0 Å². The summed E-state index contributed by atoms with van der Waals surface area (Å²) in [5, 5.41) is 13.1. The molecule has 0 aromatic rings. The third-order valence-corrected chi connectivity index (χ3v) is 4.60. The maximum absolute atomic E-state index is 10.8. The van der Waals surface area contributed by atoms with Crippen LogP contribution in [0.3, 0.4) is 0 Å². The van der Waals surface area contributed by atoms with Crippen LogP contribution in [0.25, 0.3) is 0 Å². The zero-order chi connectivity index (χ0) is 10.1. The Hall–Kier alpha value is -0.220. The van der Waals surface area contributed by atoms with E-state index in [2.05, 4.69) is 12.2 Å². The van der Waals surface area contributed by atoms with E-state index in [0.717, 1.165) is 23.8 Å². The highest BCUT2D eigenvalue weighted by atomic mass is 32.2. The molecule has 2 N–H and O–H groups in total. The van der Waals surface area contributed by atoms with Crippen molar-refractivity contribution < 1.29 is 9.90 Å². The number of rotatable bonds is 3. The fraction of sp³-hybridized carbons (Fsp3) is 0.900. The fourth-order valence-corrected chi connectivity index (χ4v) is 3.39. The number of aliphatic carboxylic acids is 1. The van der Waals surface area contributed by atoms with Crippen LogP contribution in [-0.4, -0.2) is 34.2 Å². The Kier molecular flexibility index (Phi) is 3.02. The van der Waals surface area contributed by atoms with Gasteiger partial charge < -0.3 is 10.4 Å². The predicted octanol–water partition coefficient (Wildman–Crippen LogP) is 1.33. The van der Waals surface area contributed by atoms with Gasteiger partial charge in [0.05, 0.1) is 5.92 Å². The Morgan fingerprint density at radius 3 is 2.71 bits per heavy atom. The van der Waals surface area contributed by atoms with E-state index in [1.54, 1.807) is 0 Å². The molecule has 1 aliphatic heterocycles. The molecule has 2 rings (SSSR count). The van der Waals surface area contributed by atoms with Gasteiger partial charge in [0.15, 0.2) is 0 Å². The first-order valence-corrected chi connectivity index (χ1v) is 6.32. The molecule has 80 valence electrons. The average Bonchev–Trinajstić information content (AvgIpc) is 2.44. The van der Waals surface area contributed by atoms with Crippen LogP contribution in [-0.2, 0) is 4.79 Å². The largest absolute Gasteiger partial charge is 0.481 e. The summed E-state index contributed by atoms with van der Waals surface area (Å²) in [5.74, 6) is 0.382. The van der Waals surface area contributed by atoms with E-state index in [9.17, 15) is 4.79 Å². The van der Waals surface area contributed by atoms with Gasteiger partial charge in [0.25, 0.3) is 0 Å². The minimum absolute atomic E-state index is 0.129. The average molecular weight is 215 g/mol. The second kappa shape index (κ2) is 4.11. The van der Waals surface area contributed by atoms with E-state index in [1.807, 2.05) is 11.8 Å². The minimum Gasteiger partial charge on any atom is -0.481 e. The maximum atomic E-state index is 10.8. The summed E-state index contributed by atoms with van der Waals surface area (Å²) in [7, 11) is 0. The van der Waals surface area contributed by atoms with E-state index >= 15 is 0 Å². The van der Waals surface area contributed by atoms with E-state index in [4.69, 9.17) is 5.11 Å². The molecule has 0 spiro atoms. The molecular formula is C10H17NO2S. The van der Waals surface area contributed by atoms with Crippen LogP contribution < -0.4 is 5.32 Å². The second-order valence-corrected chi connectivity index (χ2v) is 5.84. The molecule has 1 heterocycles. The molecule has 14 heavy (non-hydrogen) atoms. The topological polar surface area (TPSA) is 49.3 Å². The van der Waals surface area contributed by atoms with Gasteiger partial charge in [0.1, 0.15) is 0 Å². The van der Waals surface area contributed by atoms with Crippen LogP contribution in [0.5, 0.6) is 0 Å². The molecule has 0 radical (unpaired) electrons. The smallest absolute Gasteiger partial charge is 0.308 e. The zero-order valence-corrected chi connectivity index (χ0v) is 9.22. The van der Waals surface area contributed by atoms with E-state index < -0.39 is 5.97 Å². The summed E-state index contributed by atoms with van der Waals surface area (Å²) in [4.78, 5) is 10.8. The molecule has 2 fully saturated rings. The molecule has 1 aliphatic carbocycles. The molecule has 0 amide bonds. The summed E-state index contributed by atoms with van der Waals surface area (Å²) in [6.07, 6.45) is 3.07. The van der Waals surface area contributed by atoms with Crippen molar-refractivity contribution in [2.75, 3.05) is 5.75 Å². The van der Waals surface area contributed by atoms with Crippen molar-refractivity contribution in [3.8, 4) is 0 Å². The van der Waals surface area contributed by atoms with Gasteiger partial charge in [-0.2, -0.15) is 11.8 Å². The third kappa shape index (κ3) is 2.06. The predicted molar refractivity (Wildman–Crippen MR) is 57.6 cm³/mol. The molecular weight excluding hydrogens is 198 g/mol. The van der Waals surface area contributed by atoms with Gasteiger partial charge >= 0.3 is 5.97 Å². The number of carboxylic acid groups (broad SMARTS) is 1. The molecule has 2 aliphatic rings. The summed E-state index contributed by atoms with van der Waals surface area (Å²) in [6.45, 7) is 2.24. The van der Waals surface area contributed by atoms with Crippen molar-refractivity contribution in [2.24, 2.45) is 5.92 Å². The molecule has 4 atom stereocenters. The minimum atomic E-state index is -0.632. The number of thioether (sulfide) groups is 1. The summed E-state index contributed by atoms with van der Waals surface area (Å²) >= 11 is 1.98. The van der Waals surface area contributed by atoms with E-state index in [0.29, 0.717) is 6.04 Å². The molecule has 3 nitrogen and oxygen atoms in total. The molecule has 1 saturated carbocycles. The van der Waals surface area contributed by atoms with Crippen LogP contribution in [0.4, 0.5) is 0 Å². The van der Waals surface area contributed by atoms with Gasteiger partial charge in [-0.15, -0.1) is 0 Å². The Bertz CT molecular complexity index is 234. The molecule has 0 aromatic heterocycles. The standard InChI is InChI=1S/C10H17NO2S/c1-6-4-7(5-14-6)11-9-3-2-8(9)10(12)13/h6-9,11H,2-5H2,1H3,(H,12,13). The second-order valence-electron chi connectivity index (χ2n) is 4.37. The molecule has 4 unspecified atom stereocenters. The Morgan fingerprint density at radius 1 is 1.50 bits per heavy atom. The van der Waals surface area contributed by atoms with Crippen molar-refractivity contribution in [3.05, 3.63) is 0 Å². The maximum Gasteiger partial charge on any atom is 0.308 e. The van der Waals surface area contributed by atoms with E-state index in [-0.39, 0.29) is 12.0 Å². The Labute approximate surface area is 88.6 Å². The van der Waals surface area contributed by atoms with Crippen molar-refractivity contribution in [2.45, 2.75) is 43.5 Å². The molecule has 4 heteroatoms. The number of carbonyl (C=O) groups is 1. The van der Waals surface area contributed by atoms with Crippen molar-refractivity contribution in [3.63, 3.8) is 0 Å². The van der Waals surface area contributed by atoms with Gasteiger partial charge in [0, 0.05) is 23.1 Å². The normalized spacial score (nSPS) is 42.1. The lowest BCUT2D eigenvalue weighted by atomic mass is 9.79. The summed E-state index contributed by atoms with van der Waals surface area (Å²) in [6, 6.07) is 0.783. The summed E-state index contributed by atoms with van der Waals surface area (Å²) in [5.41, 5.74) is 0. The SMILES string of the molecule is CC1CC(NC2CCC2C(=O)O)CS1. The van der Waals surface area contributed by atoms with Crippen LogP contribution in [0.2, 0.25) is 0 Å².